The van der Waals surface area contributed by atoms with Gasteiger partial charge in [0.05, 0.1) is 4.90 Å². The lowest BCUT2D eigenvalue weighted by atomic mass is 9.96. The zero-order valence-electron chi connectivity index (χ0n) is 12.6. The van der Waals surface area contributed by atoms with Gasteiger partial charge < -0.3 is 5.73 Å². The minimum Gasteiger partial charge on any atom is -0.399 e. The fraction of sp³-hybridized carbons (Fsp3) is 0.600. The summed E-state index contributed by atoms with van der Waals surface area (Å²) in [6.45, 7) is 1.95. The highest BCUT2D eigenvalue weighted by atomic mass is 32.2. The third kappa shape index (κ3) is 4.14. The van der Waals surface area contributed by atoms with E-state index in [0.29, 0.717) is 22.3 Å². The second kappa shape index (κ2) is 7.03. The van der Waals surface area contributed by atoms with Crippen molar-refractivity contribution in [1.29, 1.82) is 0 Å². The molecule has 0 aliphatic heterocycles. The molecule has 2 atom stereocenters. The highest BCUT2D eigenvalue weighted by molar-refractivity contribution is 7.99. The lowest BCUT2D eigenvalue weighted by Crippen LogP contribution is -2.39. The van der Waals surface area contributed by atoms with Crippen molar-refractivity contribution in [2.75, 3.05) is 12.0 Å². The Labute approximate surface area is 131 Å². The van der Waals surface area contributed by atoms with Gasteiger partial charge in [0.15, 0.2) is 0 Å². The Bertz CT molecular complexity index is 587. The van der Waals surface area contributed by atoms with Gasteiger partial charge in [-0.25, -0.2) is 13.1 Å². The monoisotopic (exact) mass is 328 g/mol. The number of sulfonamides is 1. The number of nitrogen functional groups attached to an aromatic ring is 1. The topological polar surface area (TPSA) is 72.2 Å². The van der Waals surface area contributed by atoms with Crippen LogP contribution in [0.25, 0.3) is 0 Å². The van der Waals surface area contributed by atoms with Crippen molar-refractivity contribution in [2.24, 2.45) is 0 Å². The summed E-state index contributed by atoms with van der Waals surface area (Å²) in [4.78, 5) is 0.330. The molecule has 1 fully saturated rings. The van der Waals surface area contributed by atoms with Gasteiger partial charge >= 0.3 is 0 Å². The lowest BCUT2D eigenvalue weighted by Gasteiger charge is -2.28. The molecule has 1 aromatic rings. The number of benzene rings is 1. The van der Waals surface area contributed by atoms with E-state index in [0.717, 1.165) is 24.8 Å². The number of hydrogen-bond acceptors (Lipinski definition) is 4. The van der Waals surface area contributed by atoms with Crippen LogP contribution in [0.3, 0.4) is 0 Å². The predicted octanol–water partition coefficient (Wildman–Crippen LogP) is 2.78. The fourth-order valence-corrected chi connectivity index (χ4v) is 5.32. The zero-order valence-corrected chi connectivity index (χ0v) is 14.3. The minimum atomic E-state index is -3.50. The van der Waals surface area contributed by atoms with Crippen LogP contribution in [-0.4, -0.2) is 26.0 Å². The van der Waals surface area contributed by atoms with E-state index < -0.39 is 10.0 Å². The molecule has 21 heavy (non-hydrogen) atoms. The van der Waals surface area contributed by atoms with Crippen molar-refractivity contribution in [2.45, 2.75) is 55.2 Å². The molecule has 1 aromatic carbocycles. The largest absolute Gasteiger partial charge is 0.399 e. The van der Waals surface area contributed by atoms with E-state index in [1.165, 1.54) is 6.42 Å². The van der Waals surface area contributed by atoms with Gasteiger partial charge in [0.2, 0.25) is 10.0 Å². The maximum Gasteiger partial charge on any atom is 0.241 e. The van der Waals surface area contributed by atoms with Crippen molar-refractivity contribution in [3.05, 3.63) is 23.8 Å². The highest BCUT2D eigenvalue weighted by Gasteiger charge is 2.27. The first-order chi connectivity index (χ1) is 9.96. The Morgan fingerprint density at radius 3 is 2.81 bits per heavy atom. The Kier molecular flexibility index (Phi) is 5.57. The quantitative estimate of drug-likeness (QED) is 0.815. The number of hydrogen-bond donors (Lipinski definition) is 2. The molecule has 0 aromatic heterocycles. The average Bonchev–Trinajstić information content (AvgIpc) is 2.47. The maximum absolute atomic E-state index is 12.7. The van der Waals surface area contributed by atoms with Gasteiger partial charge in [0.1, 0.15) is 0 Å². The lowest BCUT2D eigenvalue weighted by molar-refractivity contribution is 0.420. The average molecular weight is 329 g/mol. The van der Waals surface area contributed by atoms with Crippen LogP contribution in [0.15, 0.2) is 23.1 Å². The second-order valence-electron chi connectivity index (χ2n) is 5.56. The first-order valence-electron chi connectivity index (χ1n) is 7.39. The van der Waals surface area contributed by atoms with Crippen molar-refractivity contribution in [1.82, 2.24) is 4.72 Å². The summed E-state index contributed by atoms with van der Waals surface area (Å²) in [7, 11) is -3.50. The third-order valence-corrected chi connectivity index (χ3v) is 6.74. The molecule has 0 radical (unpaired) electrons. The number of nitrogens with one attached hydrogen (secondary N) is 1. The summed E-state index contributed by atoms with van der Waals surface area (Å²) < 4.78 is 28.2. The van der Waals surface area contributed by atoms with Gasteiger partial charge in [-0.3, -0.25) is 0 Å². The van der Waals surface area contributed by atoms with Crippen molar-refractivity contribution in [3.8, 4) is 0 Å². The molecule has 1 saturated carbocycles. The SMILES string of the molecule is CCc1ccc(N)cc1S(=O)(=O)NC1CCCC(SC)C1. The Morgan fingerprint density at radius 1 is 1.38 bits per heavy atom. The van der Waals surface area contributed by atoms with E-state index in [-0.39, 0.29) is 6.04 Å². The molecule has 2 rings (SSSR count). The molecule has 3 N–H and O–H groups in total. The van der Waals surface area contributed by atoms with E-state index >= 15 is 0 Å². The van der Waals surface area contributed by atoms with Crippen LogP contribution in [-0.2, 0) is 16.4 Å². The molecule has 0 bridgehead atoms. The van der Waals surface area contributed by atoms with Crippen molar-refractivity contribution in [3.63, 3.8) is 0 Å². The van der Waals surface area contributed by atoms with Crippen LogP contribution >= 0.6 is 11.8 Å². The smallest absolute Gasteiger partial charge is 0.241 e. The van der Waals surface area contributed by atoms with E-state index in [2.05, 4.69) is 11.0 Å². The van der Waals surface area contributed by atoms with Gasteiger partial charge in [-0.2, -0.15) is 11.8 Å². The number of aryl methyl sites for hydroxylation is 1. The van der Waals surface area contributed by atoms with E-state index in [4.69, 9.17) is 5.73 Å². The molecule has 1 aliphatic carbocycles. The molecule has 6 heteroatoms. The normalized spacial score (nSPS) is 23.1. The van der Waals surface area contributed by atoms with Crippen LogP contribution in [0.5, 0.6) is 0 Å². The van der Waals surface area contributed by atoms with E-state index in [1.807, 2.05) is 18.7 Å². The highest BCUT2D eigenvalue weighted by Crippen LogP contribution is 2.28. The van der Waals surface area contributed by atoms with Crippen LogP contribution in [0, 0.1) is 0 Å². The first-order valence-corrected chi connectivity index (χ1v) is 10.2. The van der Waals surface area contributed by atoms with Crippen LogP contribution in [0.1, 0.15) is 38.2 Å². The number of anilines is 1. The molecule has 0 amide bonds. The zero-order chi connectivity index (χ0) is 15.5. The molecule has 0 heterocycles. The van der Waals surface area contributed by atoms with Crippen LogP contribution in [0.2, 0.25) is 0 Å². The number of rotatable bonds is 5. The molecule has 0 saturated heterocycles. The summed E-state index contributed by atoms with van der Waals surface area (Å²) in [5, 5.41) is 0.554. The number of nitrogens with two attached hydrogens (primary N) is 1. The maximum atomic E-state index is 12.7. The standard InChI is InChI=1S/C15H24N2O2S2/c1-3-11-7-8-12(16)9-15(11)21(18,19)17-13-5-4-6-14(10-13)20-2/h7-9,13-14,17H,3-6,10,16H2,1-2H3. The van der Waals surface area contributed by atoms with Gasteiger partial charge in [-0.05, 0) is 49.6 Å². The summed E-state index contributed by atoms with van der Waals surface area (Å²) in [5.41, 5.74) is 7.06. The summed E-state index contributed by atoms with van der Waals surface area (Å²) >= 11 is 1.83. The first kappa shape index (κ1) is 16.6. The van der Waals surface area contributed by atoms with Gasteiger partial charge in [-0.15, -0.1) is 0 Å². The second-order valence-corrected chi connectivity index (χ2v) is 8.38. The molecule has 2 unspecified atom stereocenters. The van der Waals surface area contributed by atoms with Gasteiger partial charge in [0, 0.05) is 17.0 Å². The predicted molar refractivity (Wildman–Crippen MR) is 90.1 cm³/mol. The molecular weight excluding hydrogens is 304 g/mol. The summed E-state index contributed by atoms with van der Waals surface area (Å²) in [6.07, 6.45) is 6.85. The number of thioether (sulfide) groups is 1. The molecule has 1 aliphatic rings. The van der Waals surface area contributed by atoms with Crippen LogP contribution in [0.4, 0.5) is 5.69 Å². The minimum absolute atomic E-state index is 0.0346. The third-order valence-electron chi connectivity index (χ3n) is 4.04. The van der Waals surface area contributed by atoms with E-state index in [1.54, 1.807) is 18.2 Å². The van der Waals surface area contributed by atoms with Gasteiger partial charge in [-0.1, -0.05) is 19.4 Å². The summed E-state index contributed by atoms with van der Waals surface area (Å²) in [5.74, 6) is 0. The Balaban J connectivity index is 2.20. The van der Waals surface area contributed by atoms with E-state index in [9.17, 15) is 8.42 Å². The van der Waals surface area contributed by atoms with Crippen LogP contribution < -0.4 is 10.5 Å². The Hall–Kier alpha value is -0.720. The Morgan fingerprint density at radius 2 is 2.14 bits per heavy atom. The molecule has 0 spiro atoms. The fourth-order valence-electron chi connectivity index (χ4n) is 2.86. The van der Waals surface area contributed by atoms with Gasteiger partial charge in [0.25, 0.3) is 0 Å². The van der Waals surface area contributed by atoms with Crippen molar-refractivity contribution < 1.29 is 8.42 Å². The summed E-state index contributed by atoms with van der Waals surface area (Å²) in [6, 6.07) is 5.15. The molecule has 118 valence electrons. The molecule has 4 nitrogen and oxygen atoms in total. The van der Waals surface area contributed by atoms with Crippen molar-refractivity contribution >= 4 is 27.5 Å². The molecular formula is C15H24N2O2S2.